The monoisotopic (exact) mass is 466 g/mol. The molecule has 4 N–H and O–H groups in total. The fraction of sp³-hybridized carbons (Fsp3) is 0.435. The number of pyridine rings is 1. The van der Waals surface area contributed by atoms with Crippen LogP contribution in [-0.4, -0.2) is 35.4 Å². The number of benzene rings is 1. The lowest BCUT2D eigenvalue weighted by Gasteiger charge is -2.31. The van der Waals surface area contributed by atoms with Crippen molar-refractivity contribution in [1.29, 1.82) is 0 Å². The normalized spacial score (nSPS) is 15.5. The van der Waals surface area contributed by atoms with E-state index in [2.05, 4.69) is 15.6 Å². The quantitative estimate of drug-likeness (QED) is 0.555. The Kier molecular flexibility index (Phi) is 12.2. The Morgan fingerprint density at radius 1 is 1.00 bits per heavy atom. The van der Waals surface area contributed by atoms with Gasteiger partial charge in [0.15, 0.2) is 0 Å². The molecular formula is C23H32Cl2N4O2. The zero-order valence-corrected chi connectivity index (χ0v) is 19.2. The third kappa shape index (κ3) is 8.13. The topological polar surface area (TPSA) is 97.1 Å². The number of hydrogen-bond donors (Lipinski definition) is 3. The van der Waals surface area contributed by atoms with Gasteiger partial charge in [-0.1, -0.05) is 49.6 Å². The van der Waals surface area contributed by atoms with Gasteiger partial charge in [-0.3, -0.25) is 14.6 Å². The van der Waals surface area contributed by atoms with Crippen molar-refractivity contribution in [3.8, 4) is 0 Å². The molecule has 2 aromatic rings. The molecule has 31 heavy (non-hydrogen) atoms. The minimum absolute atomic E-state index is 0. The van der Waals surface area contributed by atoms with Gasteiger partial charge in [-0.15, -0.1) is 24.8 Å². The lowest BCUT2D eigenvalue weighted by atomic mass is 9.83. The van der Waals surface area contributed by atoms with Crippen LogP contribution in [0.2, 0.25) is 0 Å². The van der Waals surface area contributed by atoms with Crippen molar-refractivity contribution in [3.05, 3.63) is 66.0 Å². The lowest BCUT2D eigenvalue weighted by Crippen LogP contribution is -2.54. The van der Waals surface area contributed by atoms with E-state index in [1.807, 2.05) is 30.3 Å². The van der Waals surface area contributed by atoms with Gasteiger partial charge in [0.05, 0.1) is 5.56 Å². The summed E-state index contributed by atoms with van der Waals surface area (Å²) in [6.07, 6.45) is 9.32. The van der Waals surface area contributed by atoms with Crippen molar-refractivity contribution in [3.63, 3.8) is 0 Å². The van der Waals surface area contributed by atoms with Gasteiger partial charge in [0.1, 0.15) is 6.04 Å². The SMILES string of the molecule is Cl.Cl.NCC(NC(=O)C(Cc1ccccc1)NC(=O)c1cccnc1)C1CCCCC1. The summed E-state index contributed by atoms with van der Waals surface area (Å²) in [5, 5.41) is 6.00. The first-order chi connectivity index (χ1) is 14.2. The van der Waals surface area contributed by atoms with E-state index in [1.165, 1.54) is 25.5 Å². The summed E-state index contributed by atoms with van der Waals surface area (Å²) in [4.78, 5) is 29.8. The van der Waals surface area contributed by atoms with Gasteiger partial charge in [-0.25, -0.2) is 0 Å². The highest BCUT2D eigenvalue weighted by molar-refractivity contribution is 5.97. The molecule has 1 heterocycles. The van der Waals surface area contributed by atoms with Gasteiger partial charge in [0.25, 0.3) is 5.91 Å². The molecule has 1 aromatic heterocycles. The van der Waals surface area contributed by atoms with Crippen molar-refractivity contribution < 1.29 is 9.59 Å². The average molecular weight is 467 g/mol. The summed E-state index contributed by atoms with van der Waals surface area (Å²) < 4.78 is 0. The minimum Gasteiger partial charge on any atom is -0.350 e. The maximum Gasteiger partial charge on any atom is 0.253 e. The van der Waals surface area contributed by atoms with Crippen molar-refractivity contribution in [1.82, 2.24) is 15.6 Å². The smallest absolute Gasteiger partial charge is 0.253 e. The van der Waals surface area contributed by atoms with Gasteiger partial charge in [0.2, 0.25) is 5.91 Å². The van der Waals surface area contributed by atoms with E-state index in [4.69, 9.17) is 5.73 Å². The molecule has 170 valence electrons. The predicted octanol–water partition coefficient (Wildman–Crippen LogP) is 3.29. The van der Waals surface area contributed by atoms with Gasteiger partial charge < -0.3 is 16.4 Å². The van der Waals surface area contributed by atoms with Crippen molar-refractivity contribution >= 4 is 36.6 Å². The van der Waals surface area contributed by atoms with Crippen LogP contribution in [0.15, 0.2) is 54.9 Å². The molecule has 0 bridgehead atoms. The molecule has 0 aliphatic heterocycles. The second-order valence-corrected chi connectivity index (χ2v) is 7.71. The minimum atomic E-state index is -0.678. The van der Waals surface area contributed by atoms with Crippen LogP contribution in [0.1, 0.15) is 48.0 Å². The van der Waals surface area contributed by atoms with Crippen LogP contribution < -0.4 is 16.4 Å². The predicted molar refractivity (Wildman–Crippen MR) is 128 cm³/mol. The second kappa shape index (κ2) is 14.0. The lowest BCUT2D eigenvalue weighted by molar-refractivity contribution is -0.124. The third-order valence-electron chi connectivity index (χ3n) is 5.63. The van der Waals surface area contributed by atoms with E-state index < -0.39 is 6.04 Å². The summed E-state index contributed by atoms with van der Waals surface area (Å²) in [6.45, 7) is 0.408. The Bertz CT molecular complexity index is 787. The van der Waals surface area contributed by atoms with Crippen LogP contribution in [0.5, 0.6) is 0 Å². The Morgan fingerprint density at radius 2 is 1.71 bits per heavy atom. The fourth-order valence-corrected chi connectivity index (χ4v) is 3.99. The van der Waals surface area contributed by atoms with E-state index in [9.17, 15) is 9.59 Å². The second-order valence-electron chi connectivity index (χ2n) is 7.71. The molecule has 1 aliphatic rings. The summed E-state index contributed by atoms with van der Waals surface area (Å²) >= 11 is 0. The maximum absolute atomic E-state index is 13.1. The number of hydrogen-bond acceptors (Lipinski definition) is 4. The van der Waals surface area contributed by atoms with E-state index in [0.29, 0.717) is 24.4 Å². The number of aromatic nitrogens is 1. The molecule has 6 nitrogen and oxygen atoms in total. The molecule has 2 atom stereocenters. The fourth-order valence-electron chi connectivity index (χ4n) is 3.99. The zero-order valence-electron chi connectivity index (χ0n) is 17.5. The van der Waals surface area contributed by atoms with Crippen molar-refractivity contribution in [2.45, 2.75) is 50.6 Å². The number of rotatable bonds is 8. The Morgan fingerprint density at radius 3 is 2.32 bits per heavy atom. The van der Waals surface area contributed by atoms with Crippen LogP contribution in [0.3, 0.4) is 0 Å². The molecule has 0 saturated heterocycles. The van der Waals surface area contributed by atoms with E-state index in [1.54, 1.807) is 18.3 Å². The van der Waals surface area contributed by atoms with Crippen LogP contribution in [0.25, 0.3) is 0 Å². The zero-order chi connectivity index (χ0) is 20.5. The highest BCUT2D eigenvalue weighted by Gasteiger charge is 2.28. The van der Waals surface area contributed by atoms with Crippen molar-refractivity contribution in [2.75, 3.05) is 6.54 Å². The number of amides is 2. The molecule has 1 fully saturated rings. The van der Waals surface area contributed by atoms with Crippen LogP contribution in [-0.2, 0) is 11.2 Å². The summed E-state index contributed by atoms with van der Waals surface area (Å²) in [7, 11) is 0. The first-order valence-corrected chi connectivity index (χ1v) is 10.4. The highest BCUT2D eigenvalue weighted by atomic mass is 35.5. The molecule has 1 aromatic carbocycles. The van der Waals surface area contributed by atoms with Gasteiger partial charge in [0, 0.05) is 31.4 Å². The molecule has 2 unspecified atom stereocenters. The molecule has 0 spiro atoms. The van der Waals surface area contributed by atoms with Gasteiger partial charge in [-0.05, 0) is 36.5 Å². The van der Waals surface area contributed by atoms with Crippen LogP contribution in [0.4, 0.5) is 0 Å². The summed E-state index contributed by atoms with van der Waals surface area (Å²) in [5.41, 5.74) is 7.41. The molecular weight excluding hydrogens is 435 g/mol. The standard InChI is InChI=1S/C23H30N4O2.2ClH/c24-15-21(18-10-5-2-6-11-18)27-23(29)20(14-17-8-3-1-4-9-17)26-22(28)19-12-7-13-25-16-19;;/h1,3-4,7-9,12-13,16,18,20-21H,2,5-6,10-11,14-15,24H2,(H,26,28)(H,27,29);2*1H. The Balaban J connectivity index is 0.00000240. The number of halogens is 2. The van der Waals surface area contributed by atoms with Crippen LogP contribution in [0, 0.1) is 5.92 Å². The van der Waals surface area contributed by atoms with E-state index in [-0.39, 0.29) is 42.7 Å². The van der Waals surface area contributed by atoms with Gasteiger partial charge in [-0.2, -0.15) is 0 Å². The molecule has 1 aliphatic carbocycles. The first kappa shape index (κ1) is 26.9. The number of nitrogens with zero attached hydrogens (tertiary/aromatic N) is 1. The number of carbonyl (C=O) groups excluding carboxylic acids is 2. The number of nitrogens with one attached hydrogen (secondary N) is 2. The number of carbonyl (C=O) groups is 2. The third-order valence-corrected chi connectivity index (χ3v) is 5.63. The molecule has 2 amide bonds. The largest absolute Gasteiger partial charge is 0.350 e. The summed E-state index contributed by atoms with van der Waals surface area (Å²) in [6, 6.07) is 12.4. The van der Waals surface area contributed by atoms with Crippen LogP contribution >= 0.6 is 24.8 Å². The van der Waals surface area contributed by atoms with Crippen molar-refractivity contribution in [2.24, 2.45) is 11.7 Å². The molecule has 3 rings (SSSR count). The van der Waals surface area contributed by atoms with Gasteiger partial charge >= 0.3 is 0 Å². The van der Waals surface area contributed by atoms with E-state index in [0.717, 1.165) is 18.4 Å². The molecule has 0 radical (unpaired) electrons. The van der Waals surface area contributed by atoms with E-state index >= 15 is 0 Å². The highest BCUT2D eigenvalue weighted by Crippen LogP contribution is 2.26. The number of nitrogens with two attached hydrogens (primary N) is 1. The Labute approximate surface area is 196 Å². The summed E-state index contributed by atoms with van der Waals surface area (Å²) in [5.74, 6) is -0.0904. The maximum atomic E-state index is 13.1. The molecule has 1 saturated carbocycles. The molecule has 8 heteroatoms. The first-order valence-electron chi connectivity index (χ1n) is 10.4. The average Bonchev–Trinajstić information content (AvgIpc) is 2.78. The Hall–Kier alpha value is -2.15.